The van der Waals surface area contributed by atoms with Gasteiger partial charge < -0.3 is 4.90 Å². The minimum atomic E-state index is 0.496. The van der Waals surface area contributed by atoms with Crippen molar-refractivity contribution in [3.63, 3.8) is 0 Å². The summed E-state index contributed by atoms with van der Waals surface area (Å²) in [6.07, 6.45) is 0. The maximum Gasteiger partial charge on any atom is 0.115 e. The van der Waals surface area contributed by atoms with Crippen LogP contribution in [0.2, 0.25) is 0 Å². The molecule has 0 fully saturated rings. The predicted octanol–water partition coefficient (Wildman–Crippen LogP) is 3.30. The van der Waals surface area contributed by atoms with Gasteiger partial charge in [-0.2, -0.15) is 0 Å². The molecule has 0 radical (unpaired) electrons. The molecule has 3 nitrogen and oxygen atoms in total. The average Bonchev–Trinajstić information content (AvgIpc) is 2.27. The minimum Gasteiger partial charge on any atom is -0.377 e. The second-order valence-electron chi connectivity index (χ2n) is 3.64. The van der Waals surface area contributed by atoms with E-state index < -0.39 is 0 Å². The Morgan fingerprint density at radius 1 is 1.00 bits per heavy atom. The van der Waals surface area contributed by atoms with Gasteiger partial charge in [0.1, 0.15) is 5.69 Å². The molecule has 0 amide bonds. The molecule has 0 aromatic heterocycles. The van der Waals surface area contributed by atoms with E-state index >= 15 is 0 Å². The van der Waals surface area contributed by atoms with E-state index in [9.17, 15) is 4.91 Å². The van der Waals surface area contributed by atoms with Crippen LogP contribution < -0.4 is 4.90 Å². The molecule has 0 aliphatic rings. The van der Waals surface area contributed by atoms with Gasteiger partial charge in [0, 0.05) is 30.6 Å². The van der Waals surface area contributed by atoms with Gasteiger partial charge in [-0.05, 0) is 17.3 Å². The van der Waals surface area contributed by atoms with Crippen molar-refractivity contribution in [3.8, 4) is 0 Å². The lowest BCUT2D eigenvalue weighted by molar-refractivity contribution is 1.14. The Morgan fingerprint density at radius 2 is 1.67 bits per heavy atom. The van der Waals surface area contributed by atoms with E-state index in [0.717, 1.165) is 16.5 Å². The summed E-state index contributed by atoms with van der Waals surface area (Å²) >= 11 is 0. The minimum absolute atomic E-state index is 0.496. The van der Waals surface area contributed by atoms with E-state index in [2.05, 4.69) is 5.18 Å². The molecule has 0 spiro atoms. The van der Waals surface area contributed by atoms with Crippen molar-refractivity contribution in [1.82, 2.24) is 0 Å². The lowest BCUT2D eigenvalue weighted by Crippen LogP contribution is -2.08. The van der Waals surface area contributed by atoms with Crippen LogP contribution in [-0.4, -0.2) is 14.1 Å². The Labute approximate surface area is 88.3 Å². The highest BCUT2D eigenvalue weighted by Gasteiger charge is 2.06. The molecule has 0 bridgehead atoms. The van der Waals surface area contributed by atoms with Crippen molar-refractivity contribution in [1.29, 1.82) is 0 Å². The van der Waals surface area contributed by atoms with Crippen LogP contribution in [0.15, 0.2) is 41.6 Å². The van der Waals surface area contributed by atoms with Crippen molar-refractivity contribution in [2.24, 2.45) is 5.18 Å². The lowest BCUT2D eigenvalue weighted by Gasteiger charge is -2.15. The molecule has 0 unspecified atom stereocenters. The highest BCUT2D eigenvalue weighted by Crippen LogP contribution is 2.32. The summed E-state index contributed by atoms with van der Waals surface area (Å²) in [6.45, 7) is 0. The number of hydrogen-bond donors (Lipinski definition) is 0. The number of benzene rings is 2. The third-order valence-corrected chi connectivity index (χ3v) is 2.46. The van der Waals surface area contributed by atoms with Gasteiger partial charge in [0.05, 0.1) is 0 Å². The number of nitrogens with zero attached hydrogens (tertiary/aromatic N) is 2. The van der Waals surface area contributed by atoms with Crippen LogP contribution in [0.3, 0.4) is 0 Å². The SMILES string of the molecule is CN(C)c1ccc(N=O)c2ccccc12. The third-order valence-electron chi connectivity index (χ3n) is 2.46. The van der Waals surface area contributed by atoms with Crippen LogP contribution >= 0.6 is 0 Å². The summed E-state index contributed by atoms with van der Waals surface area (Å²) in [7, 11) is 3.96. The molecule has 2 aromatic carbocycles. The molecule has 0 saturated heterocycles. The molecule has 76 valence electrons. The molecular formula is C12H12N2O. The Bertz CT molecular complexity index is 506. The molecule has 0 aliphatic heterocycles. The van der Waals surface area contributed by atoms with Crippen LogP contribution in [0, 0.1) is 4.91 Å². The van der Waals surface area contributed by atoms with Gasteiger partial charge in [0.25, 0.3) is 0 Å². The van der Waals surface area contributed by atoms with Gasteiger partial charge in [0.15, 0.2) is 0 Å². The summed E-state index contributed by atoms with van der Waals surface area (Å²) in [5, 5.41) is 4.99. The van der Waals surface area contributed by atoms with E-state index in [4.69, 9.17) is 0 Å². The van der Waals surface area contributed by atoms with E-state index in [1.165, 1.54) is 0 Å². The molecular weight excluding hydrogens is 188 g/mol. The largest absolute Gasteiger partial charge is 0.377 e. The van der Waals surface area contributed by atoms with Crippen LogP contribution in [0.1, 0.15) is 0 Å². The Balaban J connectivity index is 2.83. The van der Waals surface area contributed by atoms with Crippen LogP contribution in [0.25, 0.3) is 10.8 Å². The van der Waals surface area contributed by atoms with E-state index in [1.807, 2.05) is 49.3 Å². The number of fused-ring (bicyclic) bond motifs is 1. The second kappa shape index (κ2) is 3.69. The van der Waals surface area contributed by atoms with Crippen molar-refractivity contribution < 1.29 is 0 Å². The fourth-order valence-electron chi connectivity index (χ4n) is 1.74. The first kappa shape index (κ1) is 9.65. The molecule has 0 heterocycles. The van der Waals surface area contributed by atoms with Gasteiger partial charge in [-0.15, -0.1) is 4.91 Å². The monoisotopic (exact) mass is 200 g/mol. The predicted molar refractivity (Wildman–Crippen MR) is 63.7 cm³/mol. The van der Waals surface area contributed by atoms with Crippen molar-refractivity contribution in [2.45, 2.75) is 0 Å². The molecule has 2 rings (SSSR count). The van der Waals surface area contributed by atoms with Gasteiger partial charge in [-0.3, -0.25) is 0 Å². The van der Waals surface area contributed by atoms with E-state index in [0.29, 0.717) is 5.69 Å². The maximum atomic E-state index is 10.6. The zero-order valence-electron chi connectivity index (χ0n) is 8.77. The number of anilines is 1. The molecule has 0 N–H and O–H groups in total. The van der Waals surface area contributed by atoms with Crippen LogP contribution in [0.4, 0.5) is 11.4 Å². The highest BCUT2D eigenvalue weighted by atomic mass is 16.3. The number of rotatable bonds is 2. The summed E-state index contributed by atoms with van der Waals surface area (Å²) < 4.78 is 0. The van der Waals surface area contributed by atoms with Crippen molar-refractivity contribution in [2.75, 3.05) is 19.0 Å². The Hall–Kier alpha value is -1.90. The highest BCUT2D eigenvalue weighted by molar-refractivity contribution is 6.00. The first-order chi connectivity index (χ1) is 7.24. The Kier molecular flexibility index (Phi) is 2.37. The van der Waals surface area contributed by atoms with Crippen LogP contribution in [0.5, 0.6) is 0 Å². The summed E-state index contributed by atoms with van der Waals surface area (Å²) in [6, 6.07) is 11.5. The fourth-order valence-corrected chi connectivity index (χ4v) is 1.74. The summed E-state index contributed by atoms with van der Waals surface area (Å²) in [5.74, 6) is 0. The topological polar surface area (TPSA) is 32.7 Å². The van der Waals surface area contributed by atoms with Gasteiger partial charge in [-0.25, -0.2) is 0 Å². The molecule has 3 heteroatoms. The molecule has 0 atom stereocenters. The average molecular weight is 200 g/mol. The third kappa shape index (κ3) is 1.56. The second-order valence-corrected chi connectivity index (χ2v) is 3.64. The quantitative estimate of drug-likeness (QED) is 0.697. The van der Waals surface area contributed by atoms with E-state index in [1.54, 1.807) is 6.07 Å². The molecule has 2 aromatic rings. The van der Waals surface area contributed by atoms with Crippen LogP contribution in [-0.2, 0) is 0 Å². The number of hydrogen-bond acceptors (Lipinski definition) is 3. The molecule has 0 aliphatic carbocycles. The zero-order chi connectivity index (χ0) is 10.8. The van der Waals surface area contributed by atoms with Gasteiger partial charge in [0.2, 0.25) is 0 Å². The molecule has 15 heavy (non-hydrogen) atoms. The lowest BCUT2D eigenvalue weighted by atomic mass is 10.1. The normalized spacial score (nSPS) is 10.3. The standard InChI is InChI=1S/C12H12N2O/c1-14(2)12-8-7-11(13-15)9-5-3-4-6-10(9)12/h3-8H,1-2H3. The summed E-state index contributed by atoms with van der Waals surface area (Å²) in [5.41, 5.74) is 1.59. The van der Waals surface area contributed by atoms with E-state index in [-0.39, 0.29) is 0 Å². The number of nitroso groups, excluding NO2 is 1. The van der Waals surface area contributed by atoms with Crippen molar-refractivity contribution in [3.05, 3.63) is 41.3 Å². The smallest absolute Gasteiger partial charge is 0.115 e. The zero-order valence-corrected chi connectivity index (χ0v) is 8.77. The van der Waals surface area contributed by atoms with Gasteiger partial charge in [-0.1, -0.05) is 24.3 Å². The first-order valence-corrected chi connectivity index (χ1v) is 4.76. The summed E-state index contributed by atoms with van der Waals surface area (Å²) in [4.78, 5) is 12.7. The maximum absolute atomic E-state index is 10.6. The first-order valence-electron chi connectivity index (χ1n) is 4.76. The fraction of sp³-hybridized carbons (Fsp3) is 0.167. The van der Waals surface area contributed by atoms with Gasteiger partial charge >= 0.3 is 0 Å². The Morgan fingerprint density at radius 3 is 2.27 bits per heavy atom. The molecule has 0 saturated carbocycles. The van der Waals surface area contributed by atoms with Crippen molar-refractivity contribution >= 4 is 22.1 Å².